The minimum absolute atomic E-state index is 0.222. The largest absolute Gasteiger partial charge is 0.486 e. The molecule has 0 saturated carbocycles. The predicted molar refractivity (Wildman–Crippen MR) is 76.2 cm³/mol. The van der Waals surface area contributed by atoms with Gasteiger partial charge in [-0.05, 0) is 25.0 Å². The van der Waals surface area contributed by atoms with E-state index in [2.05, 4.69) is 23.9 Å². The molecule has 5 nitrogen and oxygen atoms in total. The molecule has 1 atom stereocenters. The molecule has 0 aliphatic heterocycles. The number of ether oxygens (including phenoxy) is 1. The van der Waals surface area contributed by atoms with Crippen molar-refractivity contribution in [2.75, 3.05) is 0 Å². The van der Waals surface area contributed by atoms with Crippen LogP contribution in [0.25, 0.3) is 0 Å². The van der Waals surface area contributed by atoms with Crippen molar-refractivity contribution in [1.82, 2.24) is 14.8 Å². The van der Waals surface area contributed by atoms with Crippen molar-refractivity contribution in [3.63, 3.8) is 0 Å². The van der Waals surface area contributed by atoms with Crippen molar-refractivity contribution in [3.05, 3.63) is 41.7 Å². The van der Waals surface area contributed by atoms with Gasteiger partial charge in [-0.2, -0.15) is 5.10 Å². The van der Waals surface area contributed by atoms with Crippen molar-refractivity contribution in [2.24, 2.45) is 5.92 Å². The molecule has 21 heavy (non-hydrogen) atoms. The maximum atomic E-state index is 13.7. The van der Waals surface area contributed by atoms with Gasteiger partial charge in [0.1, 0.15) is 24.5 Å². The number of benzene rings is 1. The van der Waals surface area contributed by atoms with Crippen molar-refractivity contribution in [2.45, 2.75) is 40.0 Å². The average molecular weight is 293 g/mol. The number of rotatable bonds is 6. The molecular weight excluding hydrogens is 273 g/mol. The minimum atomic E-state index is -0.840. The van der Waals surface area contributed by atoms with Gasteiger partial charge in [0.2, 0.25) is 0 Å². The highest BCUT2D eigenvalue weighted by Gasteiger charge is 2.11. The summed E-state index contributed by atoms with van der Waals surface area (Å²) in [4.78, 5) is 4.15. The summed E-state index contributed by atoms with van der Waals surface area (Å²) in [6.07, 6.45) is 0.645. The van der Waals surface area contributed by atoms with Crippen LogP contribution in [0.3, 0.4) is 0 Å². The molecule has 114 valence electrons. The Kier molecular flexibility index (Phi) is 4.90. The fraction of sp³-hybridized carbons (Fsp3) is 0.467. The summed E-state index contributed by atoms with van der Waals surface area (Å²) in [6, 6.07) is 4.42. The molecule has 0 aliphatic carbocycles. The molecule has 1 aromatic heterocycles. The van der Waals surface area contributed by atoms with Crippen molar-refractivity contribution >= 4 is 0 Å². The zero-order chi connectivity index (χ0) is 15.4. The van der Waals surface area contributed by atoms with E-state index < -0.39 is 11.9 Å². The molecule has 0 bridgehead atoms. The van der Waals surface area contributed by atoms with Crippen LogP contribution in [0, 0.1) is 11.7 Å². The zero-order valence-electron chi connectivity index (χ0n) is 12.5. The fourth-order valence-electron chi connectivity index (χ4n) is 1.98. The van der Waals surface area contributed by atoms with E-state index in [4.69, 9.17) is 4.74 Å². The lowest BCUT2D eigenvalue weighted by atomic mass is 10.1. The first-order valence-electron chi connectivity index (χ1n) is 6.94. The standard InChI is InChI=1S/C15H20FN3O2/c1-10(2)7-19-15(17-9-18-19)8-21-12-4-5-13(11(3)20)14(16)6-12/h4-6,9-11,20H,7-8H2,1-3H3/t11-/m0/s1. The Labute approximate surface area is 123 Å². The van der Waals surface area contributed by atoms with E-state index in [1.165, 1.54) is 25.4 Å². The zero-order valence-corrected chi connectivity index (χ0v) is 12.5. The highest BCUT2D eigenvalue weighted by molar-refractivity contribution is 5.30. The van der Waals surface area contributed by atoms with E-state index in [-0.39, 0.29) is 12.2 Å². The van der Waals surface area contributed by atoms with Crippen LogP contribution >= 0.6 is 0 Å². The maximum Gasteiger partial charge on any atom is 0.164 e. The van der Waals surface area contributed by atoms with E-state index in [9.17, 15) is 9.50 Å². The van der Waals surface area contributed by atoms with Crippen LogP contribution in [0.4, 0.5) is 4.39 Å². The van der Waals surface area contributed by atoms with Crippen LogP contribution in [-0.2, 0) is 13.2 Å². The summed E-state index contributed by atoms with van der Waals surface area (Å²) in [6.45, 7) is 6.69. The van der Waals surface area contributed by atoms with Crippen LogP contribution in [-0.4, -0.2) is 19.9 Å². The summed E-state index contributed by atoms with van der Waals surface area (Å²) >= 11 is 0. The van der Waals surface area contributed by atoms with Gasteiger partial charge in [0, 0.05) is 18.2 Å². The van der Waals surface area contributed by atoms with E-state index in [0.29, 0.717) is 17.5 Å². The second kappa shape index (κ2) is 6.67. The van der Waals surface area contributed by atoms with Gasteiger partial charge in [-0.3, -0.25) is 0 Å². The normalized spacial score (nSPS) is 12.7. The van der Waals surface area contributed by atoms with Crippen LogP contribution in [0.1, 0.15) is 38.3 Å². The Balaban J connectivity index is 2.03. The van der Waals surface area contributed by atoms with E-state index in [0.717, 1.165) is 6.54 Å². The van der Waals surface area contributed by atoms with Gasteiger partial charge in [-0.25, -0.2) is 14.1 Å². The molecule has 0 saturated heterocycles. The molecule has 0 fully saturated rings. The van der Waals surface area contributed by atoms with Crippen LogP contribution < -0.4 is 4.74 Å². The molecule has 0 unspecified atom stereocenters. The number of nitrogens with zero attached hydrogens (tertiary/aromatic N) is 3. The van der Waals surface area contributed by atoms with Gasteiger partial charge < -0.3 is 9.84 Å². The average Bonchev–Trinajstić information content (AvgIpc) is 2.82. The molecular formula is C15H20FN3O2. The maximum absolute atomic E-state index is 13.7. The predicted octanol–water partition coefficient (Wildman–Crippen LogP) is 2.71. The van der Waals surface area contributed by atoms with Crippen LogP contribution in [0.2, 0.25) is 0 Å². The molecule has 6 heteroatoms. The molecule has 0 spiro atoms. The lowest BCUT2D eigenvalue weighted by Crippen LogP contribution is -2.12. The SMILES string of the molecule is CC(C)Cn1ncnc1COc1ccc([C@H](C)O)c(F)c1. The third kappa shape index (κ3) is 4.01. The lowest BCUT2D eigenvalue weighted by Gasteiger charge is -2.11. The summed E-state index contributed by atoms with van der Waals surface area (Å²) in [5.41, 5.74) is 0.255. The highest BCUT2D eigenvalue weighted by Crippen LogP contribution is 2.22. The van der Waals surface area contributed by atoms with E-state index in [1.807, 2.05) is 0 Å². The van der Waals surface area contributed by atoms with Gasteiger partial charge in [-0.1, -0.05) is 13.8 Å². The van der Waals surface area contributed by atoms with Crippen LogP contribution in [0.15, 0.2) is 24.5 Å². The lowest BCUT2D eigenvalue weighted by molar-refractivity contribution is 0.193. The number of hydrogen-bond donors (Lipinski definition) is 1. The summed E-state index contributed by atoms with van der Waals surface area (Å²) in [5.74, 6) is 1.07. The molecule has 1 heterocycles. The smallest absolute Gasteiger partial charge is 0.164 e. The Morgan fingerprint density at radius 2 is 2.10 bits per heavy atom. The minimum Gasteiger partial charge on any atom is -0.486 e. The molecule has 0 amide bonds. The van der Waals surface area contributed by atoms with E-state index >= 15 is 0 Å². The van der Waals surface area contributed by atoms with Crippen LogP contribution in [0.5, 0.6) is 5.75 Å². The first-order chi connectivity index (χ1) is 9.97. The van der Waals surface area contributed by atoms with Crippen molar-refractivity contribution in [3.8, 4) is 5.75 Å². The Bertz CT molecular complexity index is 596. The monoisotopic (exact) mass is 293 g/mol. The summed E-state index contributed by atoms with van der Waals surface area (Å²) in [5, 5.41) is 13.5. The highest BCUT2D eigenvalue weighted by atomic mass is 19.1. The number of aliphatic hydroxyl groups excluding tert-OH is 1. The molecule has 2 rings (SSSR count). The molecule has 2 aromatic rings. The second-order valence-electron chi connectivity index (χ2n) is 5.40. The molecule has 0 radical (unpaired) electrons. The van der Waals surface area contributed by atoms with Crippen molar-refractivity contribution < 1.29 is 14.2 Å². The number of halogens is 1. The van der Waals surface area contributed by atoms with Crippen molar-refractivity contribution in [1.29, 1.82) is 0 Å². The Morgan fingerprint density at radius 3 is 2.71 bits per heavy atom. The quantitative estimate of drug-likeness (QED) is 0.889. The van der Waals surface area contributed by atoms with Gasteiger partial charge in [0.05, 0.1) is 6.10 Å². The number of hydrogen-bond acceptors (Lipinski definition) is 4. The summed E-state index contributed by atoms with van der Waals surface area (Å²) < 4.78 is 21.1. The molecule has 1 aromatic carbocycles. The Morgan fingerprint density at radius 1 is 1.33 bits per heavy atom. The molecule has 1 N–H and O–H groups in total. The second-order valence-corrected chi connectivity index (χ2v) is 5.40. The fourth-order valence-corrected chi connectivity index (χ4v) is 1.98. The van der Waals surface area contributed by atoms with Gasteiger partial charge in [0.15, 0.2) is 5.82 Å². The summed E-state index contributed by atoms with van der Waals surface area (Å²) in [7, 11) is 0. The third-order valence-corrected chi connectivity index (χ3v) is 3.02. The number of aromatic nitrogens is 3. The number of aliphatic hydroxyl groups is 1. The van der Waals surface area contributed by atoms with Gasteiger partial charge in [-0.15, -0.1) is 0 Å². The van der Waals surface area contributed by atoms with Gasteiger partial charge >= 0.3 is 0 Å². The first kappa shape index (κ1) is 15.4. The van der Waals surface area contributed by atoms with Gasteiger partial charge in [0.25, 0.3) is 0 Å². The van der Waals surface area contributed by atoms with E-state index in [1.54, 1.807) is 10.7 Å². The topological polar surface area (TPSA) is 60.2 Å². The Hall–Kier alpha value is -1.95. The third-order valence-electron chi connectivity index (χ3n) is 3.02. The first-order valence-corrected chi connectivity index (χ1v) is 6.94. The molecule has 0 aliphatic rings.